The summed E-state index contributed by atoms with van der Waals surface area (Å²) in [5.74, 6) is 0. The van der Waals surface area contributed by atoms with Crippen LogP contribution in [0.5, 0.6) is 0 Å². The van der Waals surface area contributed by atoms with Crippen LogP contribution in [-0.2, 0) is 0 Å². The van der Waals surface area contributed by atoms with E-state index in [-0.39, 0.29) is 0 Å². The van der Waals surface area contributed by atoms with Gasteiger partial charge in [0.1, 0.15) is 0 Å². The Balaban J connectivity index is 0.000000409. The fourth-order valence-corrected chi connectivity index (χ4v) is 1.96. The number of nitrogens with one attached hydrogen (secondary N) is 1. The molecule has 120 valence electrons. The fourth-order valence-electron chi connectivity index (χ4n) is 1.96. The van der Waals surface area contributed by atoms with E-state index in [4.69, 9.17) is 15.3 Å². The normalized spacial score (nSPS) is 9.23. The van der Waals surface area contributed by atoms with Gasteiger partial charge in [-0.1, -0.05) is 51.7 Å². The highest BCUT2D eigenvalue weighted by molar-refractivity contribution is 6.40. The second kappa shape index (κ2) is 12.9. The van der Waals surface area contributed by atoms with Gasteiger partial charge in [-0.25, -0.2) is 0 Å². The minimum Gasteiger partial charge on any atom is -0.427 e. The van der Waals surface area contributed by atoms with Crippen LogP contribution in [0.3, 0.4) is 0 Å². The Morgan fingerprint density at radius 2 is 1.95 bits per heavy atom. The van der Waals surface area contributed by atoms with Gasteiger partial charge in [0.05, 0.1) is 11.6 Å². The third-order valence-electron chi connectivity index (χ3n) is 3.24. The average Bonchev–Trinajstić information content (AvgIpc) is 2.54. The van der Waals surface area contributed by atoms with Crippen molar-refractivity contribution in [3.63, 3.8) is 0 Å². The Morgan fingerprint density at radius 3 is 2.45 bits per heavy atom. The maximum Gasteiger partial charge on any atom is 0.451 e. The summed E-state index contributed by atoms with van der Waals surface area (Å²) in [5, 5.41) is 28.6. The van der Waals surface area contributed by atoms with Gasteiger partial charge in [0, 0.05) is 12.7 Å². The van der Waals surface area contributed by atoms with Crippen LogP contribution in [0, 0.1) is 11.3 Å². The van der Waals surface area contributed by atoms with E-state index >= 15 is 0 Å². The first-order chi connectivity index (χ1) is 10.6. The van der Waals surface area contributed by atoms with Crippen LogP contribution in [0.2, 0.25) is 6.32 Å². The summed E-state index contributed by atoms with van der Waals surface area (Å²) in [5.41, 5.74) is 2.60. The summed E-state index contributed by atoms with van der Waals surface area (Å²) in [6.07, 6.45) is 8.06. The minimum absolute atomic E-state index is 0.531. The van der Waals surface area contributed by atoms with Gasteiger partial charge < -0.3 is 15.4 Å². The van der Waals surface area contributed by atoms with Crippen molar-refractivity contribution in [1.82, 2.24) is 0 Å². The quantitative estimate of drug-likeness (QED) is 0.506. The largest absolute Gasteiger partial charge is 0.451 e. The SMILES string of the molecule is C=Cc1cc(C#N)ccc1NC.CCCCCCCB(O)O. The summed E-state index contributed by atoms with van der Waals surface area (Å²) < 4.78 is 0. The molecule has 0 aliphatic heterocycles. The summed E-state index contributed by atoms with van der Waals surface area (Å²) in [6, 6.07) is 7.53. The number of hydrogen-bond acceptors (Lipinski definition) is 4. The molecule has 3 N–H and O–H groups in total. The first-order valence-corrected chi connectivity index (χ1v) is 7.79. The maximum atomic E-state index is 8.62. The summed E-state index contributed by atoms with van der Waals surface area (Å²) >= 11 is 0. The minimum atomic E-state index is -1.10. The molecule has 0 bridgehead atoms. The van der Waals surface area contributed by atoms with Crippen LogP contribution < -0.4 is 5.32 Å². The van der Waals surface area contributed by atoms with Crippen molar-refractivity contribution in [3.05, 3.63) is 35.9 Å². The Hall–Kier alpha value is -1.77. The highest BCUT2D eigenvalue weighted by Crippen LogP contribution is 2.17. The number of nitriles is 1. The van der Waals surface area contributed by atoms with Crippen LogP contribution in [0.25, 0.3) is 6.08 Å². The molecule has 22 heavy (non-hydrogen) atoms. The standard InChI is InChI=1S/C10H10N2.C7H17BO2/c1-3-9-6-8(7-11)4-5-10(9)12-2;1-2-3-4-5-6-7-8(9)10/h3-6,12H,1H2,2H3;9-10H,2-7H2,1H3. The van der Waals surface area contributed by atoms with Crippen molar-refractivity contribution in [3.8, 4) is 6.07 Å². The van der Waals surface area contributed by atoms with E-state index in [0.29, 0.717) is 11.9 Å². The molecule has 0 aromatic heterocycles. The van der Waals surface area contributed by atoms with Gasteiger partial charge in [0.2, 0.25) is 0 Å². The molecule has 4 nitrogen and oxygen atoms in total. The van der Waals surface area contributed by atoms with Crippen LogP contribution in [0.1, 0.15) is 50.2 Å². The lowest BCUT2D eigenvalue weighted by Crippen LogP contribution is -2.09. The molecule has 0 aliphatic carbocycles. The number of unbranched alkanes of at least 4 members (excludes halogenated alkanes) is 4. The van der Waals surface area contributed by atoms with Gasteiger partial charge in [0.25, 0.3) is 0 Å². The van der Waals surface area contributed by atoms with Crippen molar-refractivity contribution in [2.24, 2.45) is 0 Å². The maximum absolute atomic E-state index is 8.62. The summed E-state index contributed by atoms with van der Waals surface area (Å²) in [6.45, 7) is 5.83. The Kier molecular flexibility index (Phi) is 11.9. The van der Waals surface area contributed by atoms with E-state index in [9.17, 15) is 0 Å². The van der Waals surface area contributed by atoms with Crippen LogP contribution in [-0.4, -0.2) is 24.2 Å². The summed E-state index contributed by atoms with van der Waals surface area (Å²) in [4.78, 5) is 0. The second-order valence-electron chi connectivity index (χ2n) is 5.05. The van der Waals surface area contributed by atoms with Crippen LogP contribution in [0.15, 0.2) is 24.8 Å². The molecular weight excluding hydrogens is 275 g/mol. The third kappa shape index (κ3) is 9.22. The van der Waals surface area contributed by atoms with Gasteiger partial charge in [-0.3, -0.25) is 0 Å². The molecule has 0 spiro atoms. The Morgan fingerprint density at radius 1 is 1.27 bits per heavy atom. The van der Waals surface area contributed by atoms with Gasteiger partial charge in [-0.2, -0.15) is 5.26 Å². The smallest absolute Gasteiger partial charge is 0.427 e. The Labute approximate surface area is 134 Å². The fraction of sp³-hybridized carbons (Fsp3) is 0.471. The molecule has 1 rings (SSSR count). The monoisotopic (exact) mass is 302 g/mol. The van der Waals surface area contributed by atoms with E-state index in [0.717, 1.165) is 24.1 Å². The molecule has 5 heteroatoms. The molecule has 0 radical (unpaired) electrons. The molecule has 0 fully saturated rings. The predicted octanol–water partition coefficient (Wildman–Crippen LogP) is 3.67. The lowest BCUT2D eigenvalue weighted by atomic mass is 9.83. The number of hydrogen-bond donors (Lipinski definition) is 3. The van der Waals surface area contributed by atoms with Crippen molar-refractivity contribution < 1.29 is 10.0 Å². The zero-order chi connectivity index (χ0) is 16.8. The Bertz CT molecular complexity index is 470. The molecule has 0 saturated carbocycles. The number of anilines is 1. The van der Waals surface area contributed by atoms with E-state index < -0.39 is 7.12 Å². The predicted molar refractivity (Wildman–Crippen MR) is 94.6 cm³/mol. The second-order valence-corrected chi connectivity index (χ2v) is 5.05. The third-order valence-corrected chi connectivity index (χ3v) is 3.24. The van der Waals surface area contributed by atoms with Gasteiger partial charge in [0.15, 0.2) is 0 Å². The topological polar surface area (TPSA) is 76.3 Å². The molecular formula is C17H27BN2O2. The van der Waals surface area contributed by atoms with E-state index in [1.165, 1.54) is 19.3 Å². The molecule has 1 aromatic carbocycles. The highest BCUT2D eigenvalue weighted by atomic mass is 16.4. The average molecular weight is 302 g/mol. The van der Waals surface area contributed by atoms with Crippen molar-refractivity contribution in [1.29, 1.82) is 5.26 Å². The highest BCUT2D eigenvalue weighted by Gasteiger charge is 2.03. The number of nitrogens with zero attached hydrogens (tertiary/aromatic N) is 1. The number of rotatable bonds is 8. The lowest BCUT2D eigenvalue weighted by Gasteiger charge is -2.04. The lowest BCUT2D eigenvalue weighted by molar-refractivity contribution is 0.401. The van der Waals surface area contributed by atoms with Crippen LogP contribution >= 0.6 is 0 Å². The van der Waals surface area contributed by atoms with Gasteiger partial charge >= 0.3 is 7.12 Å². The first-order valence-electron chi connectivity index (χ1n) is 7.79. The molecule has 0 unspecified atom stereocenters. The van der Waals surface area contributed by atoms with E-state index in [2.05, 4.69) is 24.9 Å². The molecule has 0 heterocycles. The zero-order valence-corrected chi connectivity index (χ0v) is 13.7. The molecule has 0 aliphatic rings. The van der Waals surface area contributed by atoms with Crippen molar-refractivity contribution in [2.45, 2.75) is 45.3 Å². The molecule has 0 saturated heterocycles. The first kappa shape index (κ1) is 20.2. The van der Waals surface area contributed by atoms with Gasteiger partial charge in [-0.05, 0) is 30.1 Å². The number of benzene rings is 1. The van der Waals surface area contributed by atoms with Crippen LogP contribution in [0.4, 0.5) is 5.69 Å². The van der Waals surface area contributed by atoms with Crippen molar-refractivity contribution in [2.75, 3.05) is 12.4 Å². The molecule has 0 amide bonds. The van der Waals surface area contributed by atoms with E-state index in [1.807, 2.05) is 13.1 Å². The summed E-state index contributed by atoms with van der Waals surface area (Å²) in [7, 11) is 0.746. The van der Waals surface area contributed by atoms with E-state index in [1.54, 1.807) is 18.2 Å². The zero-order valence-electron chi connectivity index (χ0n) is 13.7. The van der Waals surface area contributed by atoms with Gasteiger partial charge in [-0.15, -0.1) is 0 Å². The molecule has 0 atom stereocenters. The van der Waals surface area contributed by atoms with Crippen molar-refractivity contribution >= 4 is 18.9 Å². The molecule has 1 aromatic rings.